The Morgan fingerprint density at radius 3 is 2.74 bits per heavy atom. The summed E-state index contributed by atoms with van der Waals surface area (Å²) in [7, 11) is 0. The van der Waals surface area contributed by atoms with Crippen LogP contribution >= 0.6 is 11.3 Å². The number of carbonyl (C=O) groups is 2. The lowest BCUT2D eigenvalue weighted by atomic mass is 10.1. The Balaban J connectivity index is 2.16. The van der Waals surface area contributed by atoms with Gasteiger partial charge in [0.1, 0.15) is 6.04 Å². The maximum absolute atomic E-state index is 12.0. The molecular formula is C14H15NO3S. The molecule has 2 aromatic rings. The zero-order chi connectivity index (χ0) is 13.8. The van der Waals surface area contributed by atoms with E-state index >= 15 is 0 Å². The van der Waals surface area contributed by atoms with Crippen LogP contribution in [0, 0.1) is 0 Å². The molecule has 1 heterocycles. The van der Waals surface area contributed by atoms with Gasteiger partial charge in [-0.15, -0.1) is 11.3 Å². The summed E-state index contributed by atoms with van der Waals surface area (Å²) in [5.74, 6) is -1.31. The number of fused-ring (bicyclic) bond motifs is 1. The monoisotopic (exact) mass is 277 g/mol. The molecule has 0 aliphatic heterocycles. The Hall–Kier alpha value is -1.88. The van der Waals surface area contributed by atoms with Crippen LogP contribution in [0.4, 0.5) is 0 Å². The van der Waals surface area contributed by atoms with Gasteiger partial charge in [0, 0.05) is 4.70 Å². The molecule has 2 rings (SSSR count). The van der Waals surface area contributed by atoms with Crippen molar-refractivity contribution in [2.45, 2.75) is 25.8 Å². The lowest BCUT2D eigenvalue weighted by Gasteiger charge is -2.12. The predicted molar refractivity (Wildman–Crippen MR) is 75.6 cm³/mol. The highest BCUT2D eigenvalue weighted by molar-refractivity contribution is 7.20. The van der Waals surface area contributed by atoms with E-state index < -0.39 is 12.0 Å². The molecule has 19 heavy (non-hydrogen) atoms. The molecular weight excluding hydrogens is 262 g/mol. The van der Waals surface area contributed by atoms with Gasteiger partial charge in [0.25, 0.3) is 5.91 Å². The van der Waals surface area contributed by atoms with Crippen LogP contribution in [-0.2, 0) is 4.79 Å². The van der Waals surface area contributed by atoms with Gasteiger partial charge in [0.05, 0.1) is 4.88 Å². The number of aliphatic carboxylic acids is 1. The number of carboxylic acid groups (broad SMARTS) is 1. The van der Waals surface area contributed by atoms with Crippen LogP contribution in [0.25, 0.3) is 10.1 Å². The van der Waals surface area contributed by atoms with E-state index in [1.807, 2.05) is 31.2 Å². The Morgan fingerprint density at radius 1 is 1.37 bits per heavy atom. The van der Waals surface area contributed by atoms with E-state index in [-0.39, 0.29) is 5.91 Å². The molecule has 0 aliphatic rings. The van der Waals surface area contributed by atoms with Crippen molar-refractivity contribution in [2.75, 3.05) is 0 Å². The van der Waals surface area contributed by atoms with Crippen molar-refractivity contribution in [1.82, 2.24) is 5.32 Å². The van der Waals surface area contributed by atoms with E-state index in [9.17, 15) is 9.59 Å². The summed E-state index contributed by atoms with van der Waals surface area (Å²) in [6.07, 6.45) is 1.15. The topological polar surface area (TPSA) is 66.4 Å². The summed E-state index contributed by atoms with van der Waals surface area (Å²) >= 11 is 1.37. The molecule has 2 N–H and O–H groups in total. The largest absolute Gasteiger partial charge is 0.480 e. The first kappa shape index (κ1) is 13.5. The summed E-state index contributed by atoms with van der Waals surface area (Å²) in [6.45, 7) is 1.89. The molecule has 1 amide bonds. The Morgan fingerprint density at radius 2 is 2.11 bits per heavy atom. The number of carbonyl (C=O) groups excluding carboxylic acids is 1. The number of benzene rings is 1. The van der Waals surface area contributed by atoms with E-state index in [4.69, 9.17) is 5.11 Å². The molecule has 1 aromatic heterocycles. The molecule has 0 bridgehead atoms. The summed E-state index contributed by atoms with van der Waals surface area (Å²) in [4.78, 5) is 23.6. The molecule has 0 saturated heterocycles. The normalized spacial score (nSPS) is 12.3. The van der Waals surface area contributed by atoms with Crippen LogP contribution in [0.3, 0.4) is 0 Å². The van der Waals surface area contributed by atoms with Crippen LogP contribution in [0.1, 0.15) is 29.4 Å². The van der Waals surface area contributed by atoms with Crippen LogP contribution in [-0.4, -0.2) is 23.0 Å². The van der Waals surface area contributed by atoms with Crippen LogP contribution in [0.15, 0.2) is 30.3 Å². The first-order valence-corrected chi connectivity index (χ1v) is 6.95. The first-order valence-electron chi connectivity index (χ1n) is 6.14. The minimum Gasteiger partial charge on any atom is -0.480 e. The average Bonchev–Trinajstić information content (AvgIpc) is 2.81. The van der Waals surface area contributed by atoms with Gasteiger partial charge in [-0.3, -0.25) is 4.79 Å². The van der Waals surface area contributed by atoms with E-state index in [2.05, 4.69) is 5.32 Å². The second kappa shape index (κ2) is 5.84. The number of thiophene rings is 1. The Bertz CT molecular complexity index is 573. The molecule has 0 aliphatic carbocycles. The Kier molecular flexibility index (Phi) is 4.16. The highest BCUT2D eigenvalue weighted by Gasteiger charge is 2.20. The molecule has 5 heteroatoms. The van der Waals surface area contributed by atoms with Gasteiger partial charge in [-0.2, -0.15) is 0 Å². The van der Waals surface area contributed by atoms with E-state index in [1.54, 1.807) is 6.07 Å². The van der Waals surface area contributed by atoms with Crippen molar-refractivity contribution in [3.63, 3.8) is 0 Å². The molecule has 1 atom stereocenters. The third-order valence-electron chi connectivity index (χ3n) is 2.83. The fraction of sp³-hybridized carbons (Fsp3) is 0.286. The minimum atomic E-state index is -0.990. The van der Waals surface area contributed by atoms with E-state index in [1.165, 1.54) is 11.3 Å². The lowest BCUT2D eigenvalue weighted by Crippen LogP contribution is -2.40. The van der Waals surface area contributed by atoms with Crippen molar-refractivity contribution < 1.29 is 14.7 Å². The number of rotatable bonds is 5. The van der Waals surface area contributed by atoms with Gasteiger partial charge in [0.2, 0.25) is 0 Å². The standard InChI is InChI=1S/C14H15NO3S/c1-2-5-10(14(17)18)15-13(16)12-8-9-6-3-4-7-11(9)19-12/h3-4,6-8,10H,2,5H2,1H3,(H,15,16)(H,17,18)/t10-/m1/s1. The van der Waals surface area contributed by atoms with Gasteiger partial charge in [-0.1, -0.05) is 31.5 Å². The summed E-state index contributed by atoms with van der Waals surface area (Å²) < 4.78 is 1.02. The maximum atomic E-state index is 12.0. The molecule has 0 radical (unpaired) electrons. The van der Waals surface area contributed by atoms with Crippen molar-refractivity contribution in [1.29, 1.82) is 0 Å². The summed E-state index contributed by atoms with van der Waals surface area (Å²) in [6, 6.07) is 8.68. The van der Waals surface area contributed by atoms with Gasteiger partial charge in [-0.25, -0.2) is 4.79 Å². The molecule has 0 spiro atoms. The van der Waals surface area contributed by atoms with Crippen LogP contribution in [0.2, 0.25) is 0 Å². The lowest BCUT2D eigenvalue weighted by molar-refractivity contribution is -0.139. The number of carboxylic acids is 1. The highest BCUT2D eigenvalue weighted by atomic mass is 32.1. The molecule has 0 unspecified atom stereocenters. The second-order valence-corrected chi connectivity index (χ2v) is 5.39. The van der Waals surface area contributed by atoms with E-state index in [0.29, 0.717) is 17.7 Å². The maximum Gasteiger partial charge on any atom is 0.326 e. The second-order valence-electron chi connectivity index (χ2n) is 4.30. The van der Waals surface area contributed by atoms with Gasteiger partial charge < -0.3 is 10.4 Å². The SMILES string of the molecule is CCC[C@@H](NC(=O)c1cc2ccccc2s1)C(=O)O. The molecule has 4 nitrogen and oxygen atoms in total. The molecule has 0 fully saturated rings. The number of hydrogen-bond donors (Lipinski definition) is 2. The van der Waals surface area contributed by atoms with Crippen molar-refractivity contribution >= 4 is 33.3 Å². The third kappa shape index (κ3) is 3.12. The quantitative estimate of drug-likeness (QED) is 0.883. The van der Waals surface area contributed by atoms with Crippen molar-refractivity contribution in [3.8, 4) is 0 Å². The number of nitrogens with one attached hydrogen (secondary N) is 1. The van der Waals surface area contributed by atoms with Gasteiger partial charge >= 0.3 is 5.97 Å². The smallest absolute Gasteiger partial charge is 0.326 e. The number of hydrogen-bond acceptors (Lipinski definition) is 3. The van der Waals surface area contributed by atoms with Crippen LogP contribution in [0.5, 0.6) is 0 Å². The highest BCUT2D eigenvalue weighted by Crippen LogP contribution is 2.25. The van der Waals surface area contributed by atoms with E-state index in [0.717, 1.165) is 10.1 Å². The minimum absolute atomic E-state index is 0.318. The summed E-state index contributed by atoms with van der Waals surface area (Å²) in [5, 5.41) is 12.6. The number of amides is 1. The van der Waals surface area contributed by atoms with Crippen molar-refractivity contribution in [3.05, 3.63) is 35.2 Å². The molecule has 1 aromatic carbocycles. The Labute approximate surface area is 115 Å². The third-order valence-corrected chi connectivity index (χ3v) is 3.94. The first-order chi connectivity index (χ1) is 9.11. The molecule has 100 valence electrons. The predicted octanol–water partition coefficient (Wildman–Crippen LogP) is 2.88. The average molecular weight is 277 g/mol. The summed E-state index contributed by atoms with van der Waals surface area (Å²) in [5.41, 5.74) is 0. The van der Waals surface area contributed by atoms with Gasteiger partial charge in [-0.05, 0) is 23.9 Å². The van der Waals surface area contributed by atoms with Crippen molar-refractivity contribution in [2.24, 2.45) is 0 Å². The fourth-order valence-electron chi connectivity index (χ4n) is 1.87. The van der Waals surface area contributed by atoms with Gasteiger partial charge in [0.15, 0.2) is 0 Å². The van der Waals surface area contributed by atoms with Crippen LogP contribution < -0.4 is 5.32 Å². The zero-order valence-corrected chi connectivity index (χ0v) is 11.4. The fourth-order valence-corrected chi connectivity index (χ4v) is 2.84. The zero-order valence-electron chi connectivity index (χ0n) is 10.6. The molecule has 0 saturated carbocycles.